The molecule has 1 aliphatic carbocycles. The van der Waals surface area contributed by atoms with Crippen LogP contribution < -0.4 is 4.74 Å². The maximum absolute atomic E-state index is 11.4. The van der Waals surface area contributed by atoms with Gasteiger partial charge in [0.15, 0.2) is 11.4 Å². The van der Waals surface area contributed by atoms with Crippen LogP contribution in [0, 0.1) is 27.4 Å². The number of ether oxygens (including phenoxy) is 2. The summed E-state index contributed by atoms with van der Waals surface area (Å²) >= 11 is 0. The average Bonchev–Trinajstić information content (AvgIpc) is 2.44. The monoisotopic (exact) mass is 290 g/mol. The molecule has 0 heterocycles. The maximum atomic E-state index is 11.4. The van der Waals surface area contributed by atoms with E-state index in [4.69, 9.17) is 4.74 Å². The second-order valence-electron chi connectivity index (χ2n) is 5.15. The van der Waals surface area contributed by atoms with Crippen LogP contribution in [0.5, 0.6) is 5.75 Å². The fourth-order valence-electron chi connectivity index (χ4n) is 2.47. The zero-order chi connectivity index (χ0) is 15.6. The normalized spacial score (nSPS) is 23.6. The third-order valence-corrected chi connectivity index (χ3v) is 3.44. The lowest BCUT2D eigenvalue weighted by atomic mass is 9.72. The highest BCUT2D eigenvalue weighted by Gasteiger charge is 2.46. The van der Waals surface area contributed by atoms with Crippen LogP contribution in [-0.2, 0) is 4.74 Å². The van der Waals surface area contributed by atoms with Gasteiger partial charge in [-0.3, -0.25) is 10.1 Å². The summed E-state index contributed by atoms with van der Waals surface area (Å²) in [6.45, 7) is 1.98. The van der Waals surface area contributed by atoms with Crippen molar-refractivity contribution in [3.05, 3.63) is 33.9 Å². The topological polar surface area (TPSA) is 102 Å². The van der Waals surface area contributed by atoms with Crippen molar-refractivity contribution >= 4 is 11.7 Å². The average molecular weight is 290 g/mol. The van der Waals surface area contributed by atoms with Crippen molar-refractivity contribution in [2.24, 2.45) is 5.92 Å². The van der Waals surface area contributed by atoms with Crippen LogP contribution in [0.4, 0.5) is 5.69 Å². The van der Waals surface area contributed by atoms with Crippen molar-refractivity contribution in [2.75, 3.05) is 7.11 Å². The number of nitriles is 1. The molecular weight excluding hydrogens is 276 g/mol. The van der Waals surface area contributed by atoms with Crippen molar-refractivity contribution < 1.29 is 19.2 Å². The number of nitrogens with zero attached hydrogens (tertiary/aromatic N) is 2. The molecule has 1 aliphatic rings. The first-order valence-electron chi connectivity index (χ1n) is 6.38. The summed E-state index contributed by atoms with van der Waals surface area (Å²) in [5, 5.41) is 20.3. The van der Waals surface area contributed by atoms with E-state index in [-0.39, 0.29) is 17.0 Å². The van der Waals surface area contributed by atoms with E-state index in [1.165, 1.54) is 19.2 Å². The number of rotatable bonds is 4. The van der Waals surface area contributed by atoms with Crippen LogP contribution in [0.3, 0.4) is 0 Å². The number of methoxy groups -OCH3 is 1. The number of carbonyl (C=O) groups excluding carboxylic acids is 1. The molecule has 0 radical (unpaired) electrons. The highest BCUT2D eigenvalue weighted by Crippen LogP contribution is 2.42. The van der Waals surface area contributed by atoms with Gasteiger partial charge in [-0.1, -0.05) is 6.92 Å². The van der Waals surface area contributed by atoms with Gasteiger partial charge in [-0.05, 0) is 18.1 Å². The molecule has 0 amide bonds. The Morgan fingerprint density at radius 1 is 1.52 bits per heavy atom. The molecule has 0 spiro atoms. The van der Waals surface area contributed by atoms with E-state index in [2.05, 4.69) is 10.8 Å². The molecule has 7 heteroatoms. The Labute approximate surface area is 121 Å². The number of benzene rings is 1. The minimum Gasteiger partial charge on any atom is -0.465 e. The molecule has 2 rings (SSSR count). The third kappa shape index (κ3) is 2.79. The van der Waals surface area contributed by atoms with E-state index in [9.17, 15) is 20.2 Å². The van der Waals surface area contributed by atoms with E-state index in [0.29, 0.717) is 18.8 Å². The van der Waals surface area contributed by atoms with E-state index in [1.54, 1.807) is 0 Å². The molecule has 0 unspecified atom stereocenters. The number of hydrogen-bond acceptors (Lipinski definition) is 6. The molecule has 110 valence electrons. The second-order valence-corrected chi connectivity index (χ2v) is 5.15. The molecule has 0 saturated heterocycles. The van der Waals surface area contributed by atoms with Crippen LogP contribution in [0.1, 0.15) is 30.1 Å². The van der Waals surface area contributed by atoms with Crippen molar-refractivity contribution in [2.45, 2.75) is 25.4 Å². The number of nitro benzene ring substituents is 1. The van der Waals surface area contributed by atoms with E-state index < -0.39 is 16.5 Å². The number of esters is 1. The zero-order valence-corrected chi connectivity index (χ0v) is 11.7. The summed E-state index contributed by atoms with van der Waals surface area (Å²) in [7, 11) is 1.19. The summed E-state index contributed by atoms with van der Waals surface area (Å²) in [5.41, 5.74) is -1.31. The van der Waals surface area contributed by atoms with Gasteiger partial charge < -0.3 is 9.47 Å². The van der Waals surface area contributed by atoms with Gasteiger partial charge in [-0.25, -0.2) is 4.79 Å². The van der Waals surface area contributed by atoms with E-state index in [0.717, 1.165) is 6.07 Å². The van der Waals surface area contributed by atoms with Gasteiger partial charge in [0.2, 0.25) is 0 Å². The minimum absolute atomic E-state index is 0.0129. The van der Waals surface area contributed by atoms with Crippen LogP contribution >= 0.6 is 0 Å². The van der Waals surface area contributed by atoms with Gasteiger partial charge in [-0.2, -0.15) is 5.26 Å². The largest absolute Gasteiger partial charge is 0.465 e. The van der Waals surface area contributed by atoms with Gasteiger partial charge in [0, 0.05) is 18.9 Å². The van der Waals surface area contributed by atoms with Crippen LogP contribution in [0.15, 0.2) is 18.2 Å². The molecule has 1 aromatic carbocycles. The fraction of sp³-hybridized carbons (Fsp3) is 0.429. The molecule has 7 nitrogen and oxygen atoms in total. The van der Waals surface area contributed by atoms with Crippen LogP contribution in [0.2, 0.25) is 0 Å². The fourth-order valence-corrected chi connectivity index (χ4v) is 2.47. The van der Waals surface area contributed by atoms with Gasteiger partial charge in [0.05, 0.1) is 17.6 Å². The Kier molecular flexibility index (Phi) is 3.80. The van der Waals surface area contributed by atoms with Gasteiger partial charge in [0.1, 0.15) is 6.07 Å². The first kappa shape index (κ1) is 14.8. The van der Waals surface area contributed by atoms with Gasteiger partial charge >= 0.3 is 11.7 Å². The highest BCUT2D eigenvalue weighted by molar-refractivity contribution is 5.90. The Hall–Kier alpha value is -2.62. The van der Waals surface area contributed by atoms with Crippen LogP contribution in [0.25, 0.3) is 0 Å². The SMILES string of the molecule is COC(=O)c1ccc(OC2(C#N)CC(C)C2)c([N+](=O)[O-])c1. The molecular formula is C14H14N2O5. The third-order valence-electron chi connectivity index (χ3n) is 3.44. The standard InChI is InChI=1S/C14H14N2O5/c1-9-6-14(7-9,8-15)21-12-4-3-10(13(17)20-2)5-11(12)16(18)19/h3-5,9H,6-7H2,1-2H3. The smallest absolute Gasteiger partial charge is 0.338 e. The molecule has 1 saturated carbocycles. The molecule has 21 heavy (non-hydrogen) atoms. The first-order valence-corrected chi connectivity index (χ1v) is 6.38. The number of nitro groups is 1. The van der Waals surface area contributed by atoms with Crippen molar-refractivity contribution in [3.63, 3.8) is 0 Å². The predicted molar refractivity (Wildman–Crippen MR) is 71.8 cm³/mol. The minimum atomic E-state index is -1.02. The lowest BCUT2D eigenvalue weighted by Gasteiger charge is -2.40. The quantitative estimate of drug-likeness (QED) is 0.479. The molecule has 0 N–H and O–H groups in total. The van der Waals surface area contributed by atoms with E-state index >= 15 is 0 Å². The maximum Gasteiger partial charge on any atom is 0.338 e. The molecule has 0 aliphatic heterocycles. The number of carbonyl (C=O) groups is 1. The summed E-state index contributed by atoms with van der Waals surface area (Å²) in [5.74, 6) is -0.337. The first-order chi connectivity index (χ1) is 9.90. The molecule has 0 atom stereocenters. The Bertz CT molecular complexity index is 629. The predicted octanol–water partition coefficient (Wildman–Crippen LogP) is 2.45. The lowest BCUT2D eigenvalue weighted by Crippen LogP contribution is -2.46. The summed E-state index contributed by atoms with van der Waals surface area (Å²) in [6.07, 6.45) is 1.05. The van der Waals surface area contributed by atoms with Crippen LogP contribution in [-0.4, -0.2) is 23.6 Å². The molecule has 0 bridgehead atoms. The lowest BCUT2D eigenvalue weighted by molar-refractivity contribution is -0.386. The number of hydrogen-bond donors (Lipinski definition) is 0. The molecule has 1 aromatic rings. The Balaban J connectivity index is 2.34. The summed E-state index contributed by atoms with van der Waals surface area (Å²) in [6, 6.07) is 5.87. The highest BCUT2D eigenvalue weighted by atomic mass is 16.6. The van der Waals surface area contributed by atoms with Gasteiger partial charge in [-0.15, -0.1) is 0 Å². The van der Waals surface area contributed by atoms with Crippen molar-refractivity contribution in [1.82, 2.24) is 0 Å². The van der Waals surface area contributed by atoms with Crippen molar-refractivity contribution in [1.29, 1.82) is 5.26 Å². The Morgan fingerprint density at radius 2 is 2.19 bits per heavy atom. The van der Waals surface area contributed by atoms with E-state index in [1.807, 2.05) is 6.92 Å². The molecule has 1 fully saturated rings. The Morgan fingerprint density at radius 3 is 2.67 bits per heavy atom. The zero-order valence-electron chi connectivity index (χ0n) is 11.7. The molecule has 0 aromatic heterocycles. The second kappa shape index (κ2) is 5.40. The van der Waals surface area contributed by atoms with Crippen molar-refractivity contribution in [3.8, 4) is 11.8 Å². The summed E-state index contributed by atoms with van der Waals surface area (Å²) in [4.78, 5) is 21.9. The summed E-state index contributed by atoms with van der Waals surface area (Å²) < 4.78 is 10.1. The van der Waals surface area contributed by atoms with Gasteiger partial charge in [0.25, 0.3) is 0 Å².